The first-order valence-corrected chi connectivity index (χ1v) is 9.94. The van der Waals surface area contributed by atoms with E-state index in [1.165, 1.54) is 18.1 Å². The van der Waals surface area contributed by atoms with E-state index in [4.69, 9.17) is 11.2 Å². The molecule has 0 atom stereocenters. The monoisotopic (exact) mass is 404 g/mol. The molecule has 0 bridgehead atoms. The number of allylic oxidation sites excluding steroid dienone is 4. The van der Waals surface area contributed by atoms with E-state index in [2.05, 4.69) is 31.5 Å². The molecule has 0 radical (unpaired) electrons. The fourth-order valence-corrected chi connectivity index (χ4v) is 3.12. The van der Waals surface area contributed by atoms with Crippen molar-refractivity contribution in [3.05, 3.63) is 59.4 Å². The molecule has 2 aromatic heterocycles. The first-order valence-electron chi connectivity index (χ1n) is 8.71. The number of nitrogens with zero attached hydrogens (tertiary/aromatic N) is 5. The fraction of sp³-hybridized carbons (Fsp3) is 0.143. The lowest BCUT2D eigenvalue weighted by Crippen LogP contribution is -2.00. The van der Waals surface area contributed by atoms with Crippen LogP contribution in [-0.4, -0.2) is 39.3 Å². The van der Waals surface area contributed by atoms with Crippen molar-refractivity contribution in [3.8, 4) is 23.8 Å². The van der Waals surface area contributed by atoms with E-state index >= 15 is 0 Å². The first-order chi connectivity index (χ1) is 14.2. The number of terminal acetylenes is 1. The molecule has 0 aliphatic carbocycles. The zero-order valence-electron chi connectivity index (χ0n) is 16.3. The van der Waals surface area contributed by atoms with Crippen LogP contribution < -0.4 is 10.2 Å². The first kappa shape index (κ1) is 20.2. The molecule has 146 valence electrons. The Bertz CT molecular complexity index is 1140. The van der Waals surface area contributed by atoms with Crippen LogP contribution in [0, 0.1) is 12.3 Å². The van der Waals surface area contributed by atoms with Gasteiger partial charge in [0.25, 0.3) is 0 Å². The van der Waals surface area contributed by atoms with Crippen LogP contribution in [-0.2, 0) is 0 Å². The lowest BCUT2D eigenvalue weighted by molar-refractivity contribution is 0.414. The molecule has 1 aromatic carbocycles. The summed E-state index contributed by atoms with van der Waals surface area (Å²) in [5.74, 6) is 3.96. The molecule has 3 aromatic rings. The number of thioether (sulfide) groups is 1. The Kier molecular flexibility index (Phi) is 6.66. The van der Waals surface area contributed by atoms with Gasteiger partial charge in [-0.2, -0.15) is 10.2 Å². The molecule has 0 saturated carbocycles. The quantitative estimate of drug-likeness (QED) is 0.277. The Morgan fingerprint density at radius 1 is 1.38 bits per heavy atom. The topological polar surface area (TPSA) is 77.2 Å². The Morgan fingerprint density at radius 3 is 2.97 bits per heavy atom. The number of hydrogen-bond acceptors (Lipinski definition) is 7. The summed E-state index contributed by atoms with van der Waals surface area (Å²) in [7, 11) is 1.63. The van der Waals surface area contributed by atoms with E-state index in [1.807, 2.05) is 49.6 Å². The van der Waals surface area contributed by atoms with E-state index < -0.39 is 0 Å². The molecule has 1 N–H and O–H groups in total. The van der Waals surface area contributed by atoms with Crippen LogP contribution in [0.15, 0.2) is 64.5 Å². The number of methoxy groups -OCH3 is 1. The molecule has 7 nitrogen and oxygen atoms in total. The number of nitrogens with one attached hydrogen (secondary N) is 1. The maximum Gasteiger partial charge on any atom is 0.168 e. The van der Waals surface area contributed by atoms with Crippen LogP contribution in [0.2, 0.25) is 0 Å². The zero-order chi connectivity index (χ0) is 20.6. The van der Waals surface area contributed by atoms with Crippen LogP contribution >= 0.6 is 11.8 Å². The molecule has 0 unspecified atom stereocenters. The Morgan fingerprint density at radius 2 is 2.24 bits per heavy atom. The van der Waals surface area contributed by atoms with E-state index in [0.29, 0.717) is 11.5 Å². The minimum absolute atomic E-state index is 0.548. The van der Waals surface area contributed by atoms with E-state index in [1.54, 1.807) is 24.2 Å². The standard InChI is InChI=1S/C21H20N6OS/c1-5-8-15(19(6-2)29-4)12-24-26-20-18-13-25-27(21(18)23-14-22-20)16-9-7-10-17(11-16)28-3/h2,5,7-14H,1,3-4H3,(H,22,23,26)/b8-5-,19-15-,24-12+. The summed E-state index contributed by atoms with van der Waals surface area (Å²) in [6, 6.07) is 7.59. The van der Waals surface area contributed by atoms with Gasteiger partial charge in [-0.05, 0) is 25.3 Å². The van der Waals surface area contributed by atoms with Crippen molar-refractivity contribution in [1.82, 2.24) is 19.7 Å². The molecule has 0 spiro atoms. The molecule has 0 aliphatic rings. The van der Waals surface area contributed by atoms with Crippen LogP contribution in [0.3, 0.4) is 0 Å². The second kappa shape index (κ2) is 9.57. The molecular formula is C21H20N6OS. The van der Waals surface area contributed by atoms with Crippen molar-refractivity contribution in [3.63, 3.8) is 0 Å². The molecule has 8 heteroatoms. The highest BCUT2D eigenvalue weighted by atomic mass is 32.2. The van der Waals surface area contributed by atoms with Crippen LogP contribution in [0.5, 0.6) is 5.75 Å². The van der Waals surface area contributed by atoms with Gasteiger partial charge in [0, 0.05) is 11.6 Å². The van der Waals surface area contributed by atoms with Crippen molar-refractivity contribution < 1.29 is 4.74 Å². The van der Waals surface area contributed by atoms with Gasteiger partial charge in [-0.15, -0.1) is 18.2 Å². The Hall–Kier alpha value is -3.57. The minimum atomic E-state index is 0.548. The maximum atomic E-state index is 5.57. The van der Waals surface area contributed by atoms with E-state index in [-0.39, 0.29) is 0 Å². The summed E-state index contributed by atoms with van der Waals surface area (Å²) in [4.78, 5) is 9.45. The van der Waals surface area contributed by atoms with Crippen molar-refractivity contribution in [1.29, 1.82) is 0 Å². The average Bonchev–Trinajstić information content (AvgIpc) is 3.19. The third-order valence-corrected chi connectivity index (χ3v) is 4.74. The van der Waals surface area contributed by atoms with Crippen LogP contribution in [0.4, 0.5) is 5.82 Å². The number of hydrazone groups is 1. The van der Waals surface area contributed by atoms with E-state index in [0.717, 1.165) is 27.3 Å². The number of benzene rings is 1. The third-order valence-electron chi connectivity index (χ3n) is 3.98. The lowest BCUT2D eigenvalue weighted by Gasteiger charge is -2.06. The van der Waals surface area contributed by atoms with Gasteiger partial charge in [-0.1, -0.05) is 24.1 Å². The number of fused-ring (bicyclic) bond motifs is 1. The molecule has 2 heterocycles. The van der Waals surface area contributed by atoms with Gasteiger partial charge in [-0.3, -0.25) is 5.43 Å². The molecule has 0 amide bonds. The van der Waals surface area contributed by atoms with Crippen LogP contribution in [0.1, 0.15) is 6.92 Å². The highest BCUT2D eigenvalue weighted by Gasteiger charge is 2.11. The molecule has 0 fully saturated rings. The van der Waals surface area contributed by atoms with Gasteiger partial charge in [0.05, 0.1) is 35.5 Å². The summed E-state index contributed by atoms with van der Waals surface area (Å²) in [5.41, 5.74) is 5.30. The summed E-state index contributed by atoms with van der Waals surface area (Å²) in [5, 5.41) is 9.48. The number of ether oxygens (including phenoxy) is 1. The number of anilines is 1. The predicted octanol–water partition coefficient (Wildman–Crippen LogP) is 4.05. The van der Waals surface area contributed by atoms with Crippen molar-refractivity contribution in [2.45, 2.75) is 6.92 Å². The molecular weight excluding hydrogens is 384 g/mol. The zero-order valence-corrected chi connectivity index (χ0v) is 17.1. The predicted molar refractivity (Wildman–Crippen MR) is 120 cm³/mol. The fourth-order valence-electron chi connectivity index (χ4n) is 2.64. The van der Waals surface area contributed by atoms with Crippen LogP contribution in [0.25, 0.3) is 16.7 Å². The van der Waals surface area contributed by atoms with Crippen molar-refractivity contribution in [2.75, 3.05) is 18.8 Å². The second-order valence-corrected chi connectivity index (χ2v) is 6.54. The highest BCUT2D eigenvalue weighted by molar-refractivity contribution is 8.02. The lowest BCUT2D eigenvalue weighted by atomic mass is 10.2. The van der Waals surface area contributed by atoms with Gasteiger partial charge in [0.2, 0.25) is 0 Å². The number of aromatic nitrogens is 4. The Balaban J connectivity index is 1.93. The molecule has 29 heavy (non-hydrogen) atoms. The Labute approximate surface area is 173 Å². The minimum Gasteiger partial charge on any atom is -0.497 e. The number of rotatable bonds is 7. The van der Waals surface area contributed by atoms with Gasteiger partial charge in [0.15, 0.2) is 11.5 Å². The normalized spacial score (nSPS) is 12.3. The second-order valence-electron chi connectivity index (χ2n) is 5.72. The summed E-state index contributed by atoms with van der Waals surface area (Å²) in [6.45, 7) is 1.93. The molecule has 0 saturated heterocycles. The highest BCUT2D eigenvalue weighted by Crippen LogP contribution is 2.23. The van der Waals surface area contributed by atoms with Crippen molar-refractivity contribution in [2.24, 2.45) is 5.10 Å². The van der Waals surface area contributed by atoms with Crippen molar-refractivity contribution >= 4 is 34.8 Å². The third kappa shape index (κ3) is 4.47. The largest absolute Gasteiger partial charge is 0.497 e. The summed E-state index contributed by atoms with van der Waals surface area (Å²) >= 11 is 1.49. The average molecular weight is 404 g/mol. The number of hydrogen-bond donors (Lipinski definition) is 1. The van der Waals surface area contributed by atoms with E-state index in [9.17, 15) is 0 Å². The van der Waals surface area contributed by atoms with Gasteiger partial charge < -0.3 is 4.74 Å². The summed E-state index contributed by atoms with van der Waals surface area (Å²) < 4.78 is 7.02. The SMILES string of the molecule is C#C/C(SC)=C(\C=C/C)/C=N/Nc1ncnc2c1cnn2-c1cccc(OC)c1. The van der Waals surface area contributed by atoms with Gasteiger partial charge in [0.1, 0.15) is 12.1 Å². The molecule has 0 aliphatic heterocycles. The maximum absolute atomic E-state index is 5.57. The smallest absolute Gasteiger partial charge is 0.168 e. The van der Waals surface area contributed by atoms with Gasteiger partial charge in [-0.25, -0.2) is 14.6 Å². The van der Waals surface area contributed by atoms with Gasteiger partial charge >= 0.3 is 0 Å². The molecule has 3 rings (SSSR count). The summed E-state index contributed by atoms with van der Waals surface area (Å²) in [6.07, 6.45) is 16.2.